The molecule has 0 aliphatic heterocycles. The van der Waals surface area contributed by atoms with Gasteiger partial charge >= 0.3 is 0 Å². The van der Waals surface area contributed by atoms with Crippen molar-refractivity contribution in [2.75, 3.05) is 5.32 Å². The van der Waals surface area contributed by atoms with E-state index in [4.69, 9.17) is 11.6 Å². The summed E-state index contributed by atoms with van der Waals surface area (Å²) in [6.45, 7) is 6.12. The SMILES string of the molecule is CC(Sc1nnc(-c2cccnc2)n1-c1ccccc1C(C)C)C(=O)Nc1ccc(Cl)cn1. The summed E-state index contributed by atoms with van der Waals surface area (Å²) in [5.41, 5.74) is 2.98. The Kier molecular flexibility index (Phi) is 7.05. The highest BCUT2D eigenvalue weighted by Crippen LogP contribution is 2.33. The number of carbonyl (C=O) groups is 1. The van der Waals surface area contributed by atoms with E-state index in [0.29, 0.717) is 27.7 Å². The highest BCUT2D eigenvalue weighted by Gasteiger charge is 2.24. The molecule has 7 nitrogen and oxygen atoms in total. The van der Waals surface area contributed by atoms with Crippen LogP contribution in [-0.2, 0) is 4.79 Å². The average Bonchev–Trinajstić information content (AvgIpc) is 3.24. The fraction of sp³-hybridized carbons (Fsp3) is 0.208. The molecule has 0 bridgehead atoms. The second-order valence-electron chi connectivity index (χ2n) is 7.71. The van der Waals surface area contributed by atoms with Gasteiger partial charge in [-0.15, -0.1) is 10.2 Å². The fourth-order valence-corrected chi connectivity index (χ4v) is 4.29. The lowest BCUT2D eigenvalue weighted by Gasteiger charge is -2.18. The molecule has 1 amide bonds. The lowest BCUT2D eigenvalue weighted by Crippen LogP contribution is -2.23. The van der Waals surface area contributed by atoms with Crippen molar-refractivity contribution in [3.8, 4) is 17.1 Å². The van der Waals surface area contributed by atoms with Crippen LogP contribution in [0.25, 0.3) is 17.1 Å². The highest BCUT2D eigenvalue weighted by molar-refractivity contribution is 8.00. The normalized spacial score (nSPS) is 12.0. The number of carbonyl (C=O) groups excluding carboxylic acids is 1. The minimum Gasteiger partial charge on any atom is -0.310 e. The van der Waals surface area contributed by atoms with Crippen LogP contribution in [0.4, 0.5) is 5.82 Å². The van der Waals surface area contributed by atoms with E-state index in [2.05, 4.69) is 45.4 Å². The van der Waals surface area contributed by atoms with Crippen LogP contribution in [0.1, 0.15) is 32.3 Å². The molecule has 0 aliphatic carbocycles. The number of pyridine rings is 2. The van der Waals surface area contributed by atoms with Crippen LogP contribution in [0.3, 0.4) is 0 Å². The maximum absolute atomic E-state index is 12.8. The van der Waals surface area contributed by atoms with Gasteiger partial charge in [-0.3, -0.25) is 14.3 Å². The first-order valence-electron chi connectivity index (χ1n) is 10.5. The van der Waals surface area contributed by atoms with Crippen molar-refractivity contribution in [2.24, 2.45) is 0 Å². The number of nitrogens with one attached hydrogen (secondary N) is 1. The lowest BCUT2D eigenvalue weighted by atomic mass is 10.0. The second-order valence-corrected chi connectivity index (χ2v) is 9.45. The van der Waals surface area contributed by atoms with Gasteiger partial charge in [-0.2, -0.15) is 0 Å². The second kappa shape index (κ2) is 10.1. The van der Waals surface area contributed by atoms with Gasteiger partial charge < -0.3 is 5.32 Å². The van der Waals surface area contributed by atoms with E-state index in [1.807, 2.05) is 41.8 Å². The molecule has 1 unspecified atom stereocenters. The van der Waals surface area contributed by atoms with Crippen LogP contribution in [0.5, 0.6) is 0 Å². The maximum Gasteiger partial charge on any atom is 0.238 e. The molecule has 1 atom stereocenters. The Morgan fingerprint density at radius 2 is 1.85 bits per heavy atom. The minimum absolute atomic E-state index is 0.190. The zero-order valence-electron chi connectivity index (χ0n) is 18.4. The number of para-hydroxylation sites is 1. The zero-order valence-corrected chi connectivity index (χ0v) is 20.0. The van der Waals surface area contributed by atoms with Crippen molar-refractivity contribution in [3.05, 3.63) is 77.7 Å². The van der Waals surface area contributed by atoms with Crippen LogP contribution in [0.15, 0.2) is 72.3 Å². The number of anilines is 1. The highest BCUT2D eigenvalue weighted by atomic mass is 35.5. The van der Waals surface area contributed by atoms with Crippen molar-refractivity contribution in [2.45, 2.75) is 37.1 Å². The van der Waals surface area contributed by atoms with E-state index < -0.39 is 5.25 Å². The van der Waals surface area contributed by atoms with Gasteiger partial charge in [0, 0.05) is 24.2 Å². The molecule has 0 fully saturated rings. The van der Waals surface area contributed by atoms with E-state index in [0.717, 1.165) is 16.8 Å². The Morgan fingerprint density at radius 3 is 2.55 bits per heavy atom. The Labute approximate surface area is 201 Å². The molecule has 168 valence electrons. The number of hydrogen-bond acceptors (Lipinski definition) is 6. The van der Waals surface area contributed by atoms with Gasteiger partial charge in [-0.05, 0) is 48.7 Å². The standard InChI is InChI=1S/C24H23ClN6OS/c1-15(2)19-8-4-5-9-20(19)31-22(17-7-6-12-26-13-17)29-30-24(31)33-16(3)23(32)28-21-11-10-18(25)14-27-21/h4-16H,1-3H3,(H,27,28,32). The Balaban J connectivity index is 1.69. The van der Waals surface area contributed by atoms with Crippen molar-refractivity contribution >= 4 is 35.1 Å². The number of thioether (sulfide) groups is 1. The Hall–Kier alpha value is -3.23. The molecule has 33 heavy (non-hydrogen) atoms. The van der Waals surface area contributed by atoms with Gasteiger partial charge in [-0.1, -0.05) is 55.4 Å². The molecule has 4 rings (SSSR count). The molecule has 0 saturated carbocycles. The summed E-state index contributed by atoms with van der Waals surface area (Å²) < 4.78 is 2.00. The van der Waals surface area contributed by atoms with Crippen molar-refractivity contribution in [3.63, 3.8) is 0 Å². The van der Waals surface area contributed by atoms with Crippen molar-refractivity contribution in [1.82, 2.24) is 24.7 Å². The number of hydrogen-bond donors (Lipinski definition) is 1. The zero-order chi connectivity index (χ0) is 23.4. The fourth-order valence-electron chi connectivity index (χ4n) is 3.31. The van der Waals surface area contributed by atoms with Crippen LogP contribution in [0, 0.1) is 0 Å². The smallest absolute Gasteiger partial charge is 0.238 e. The van der Waals surface area contributed by atoms with E-state index in [1.165, 1.54) is 18.0 Å². The van der Waals surface area contributed by atoms with Gasteiger partial charge in [0.2, 0.25) is 5.91 Å². The summed E-state index contributed by atoms with van der Waals surface area (Å²) in [7, 11) is 0. The van der Waals surface area contributed by atoms with E-state index in [9.17, 15) is 4.79 Å². The van der Waals surface area contributed by atoms with Crippen molar-refractivity contribution < 1.29 is 4.79 Å². The van der Waals surface area contributed by atoms with Crippen LogP contribution < -0.4 is 5.32 Å². The number of halogens is 1. The summed E-state index contributed by atoms with van der Waals surface area (Å²) in [5.74, 6) is 1.22. The molecule has 4 aromatic rings. The van der Waals surface area contributed by atoms with Crippen LogP contribution in [-0.4, -0.2) is 35.9 Å². The van der Waals surface area contributed by atoms with Gasteiger partial charge in [0.15, 0.2) is 11.0 Å². The Bertz CT molecular complexity index is 1240. The third-order valence-corrected chi connectivity index (χ3v) is 6.25. The summed E-state index contributed by atoms with van der Waals surface area (Å²) in [5, 5.41) is 12.4. The summed E-state index contributed by atoms with van der Waals surface area (Å²) in [6, 6.07) is 15.3. The molecule has 1 N–H and O–H groups in total. The van der Waals surface area contributed by atoms with E-state index in [1.54, 1.807) is 24.5 Å². The third-order valence-electron chi connectivity index (χ3n) is 4.98. The summed E-state index contributed by atoms with van der Waals surface area (Å²) in [4.78, 5) is 21.2. The molecular weight excluding hydrogens is 456 g/mol. The molecule has 9 heteroatoms. The average molecular weight is 479 g/mol. The molecule has 0 spiro atoms. The number of amides is 1. The van der Waals surface area contributed by atoms with E-state index in [-0.39, 0.29) is 5.91 Å². The van der Waals surface area contributed by atoms with Crippen molar-refractivity contribution in [1.29, 1.82) is 0 Å². The molecule has 0 saturated heterocycles. The molecule has 3 aromatic heterocycles. The quantitative estimate of drug-likeness (QED) is 0.347. The predicted octanol–water partition coefficient (Wildman–Crippen LogP) is 5.62. The number of benzene rings is 1. The summed E-state index contributed by atoms with van der Waals surface area (Å²) in [6.07, 6.45) is 4.98. The molecule has 0 aliphatic rings. The lowest BCUT2D eigenvalue weighted by molar-refractivity contribution is -0.115. The molecule has 1 aromatic carbocycles. The monoisotopic (exact) mass is 478 g/mol. The number of aromatic nitrogens is 5. The molecular formula is C24H23ClN6OS. The number of rotatable bonds is 7. The first-order chi connectivity index (χ1) is 15.9. The molecule has 0 radical (unpaired) electrons. The van der Waals surface area contributed by atoms with Gasteiger partial charge in [0.1, 0.15) is 5.82 Å². The first kappa shape index (κ1) is 22.9. The van der Waals surface area contributed by atoms with Crippen LogP contribution >= 0.6 is 23.4 Å². The maximum atomic E-state index is 12.8. The molecule has 3 heterocycles. The van der Waals surface area contributed by atoms with Crippen LogP contribution in [0.2, 0.25) is 5.02 Å². The van der Waals surface area contributed by atoms with Gasteiger partial charge in [-0.25, -0.2) is 4.98 Å². The predicted molar refractivity (Wildman–Crippen MR) is 132 cm³/mol. The topological polar surface area (TPSA) is 85.6 Å². The largest absolute Gasteiger partial charge is 0.310 e. The summed E-state index contributed by atoms with van der Waals surface area (Å²) >= 11 is 7.21. The van der Waals surface area contributed by atoms with E-state index >= 15 is 0 Å². The minimum atomic E-state index is -0.446. The number of nitrogens with zero attached hydrogens (tertiary/aromatic N) is 5. The Morgan fingerprint density at radius 1 is 1.03 bits per heavy atom. The third kappa shape index (κ3) is 5.23. The van der Waals surface area contributed by atoms with Gasteiger partial charge in [0.05, 0.1) is 16.0 Å². The first-order valence-corrected chi connectivity index (χ1v) is 11.7. The van der Waals surface area contributed by atoms with Gasteiger partial charge in [0.25, 0.3) is 0 Å².